The van der Waals surface area contributed by atoms with Crippen molar-refractivity contribution in [3.8, 4) is 0 Å². The van der Waals surface area contributed by atoms with Gasteiger partial charge in [0.05, 0.1) is 5.02 Å². The topological polar surface area (TPSA) is 46.3 Å². The first kappa shape index (κ1) is 12.9. The van der Waals surface area contributed by atoms with Crippen LogP contribution < -0.4 is 10.6 Å². The van der Waals surface area contributed by atoms with Crippen molar-refractivity contribution >= 4 is 23.2 Å². The lowest BCUT2D eigenvalue weighted by Crippen LogP contribution is -2.31. The number of benzene rings is 1. The average Bonchev–Trinajstić information content (AvgIpc) is 2.20. The van der Waals surface area contributed by atoms with Gasteiger partial charge in [0.1, 0.15) is 5.82 Å². The summed E-state index contributed by atoms with van der Waals surface area (Å²) in [5, 5.41) is -0.00190. The third kappa shape index (κ3) is 3.18. The first-order valence-corrected chi connectivity index (χ1v) is 5.26. The molecule has 16 heavy (non-hydrogen) atoms. The lowest BCUT2D eigenvalue weighted by atomic mass is 10.2. The lowest BCUT2D eigenvalue weighted by molar-refractivity contribution is -0.118. The summed E-state index contributed by atoms with van der Waals surface area (Å²) in [6, 6.07) is 3.94. The van der Waals surface area contributed by atoms with Gasteiger partial charge in [0, 0.05) is 25.2 Å². The van der Waals surface area contributed by atoms with Gasteiger partial charge in [0.15, 0.2) is 0 Å². The zero-order valence-electron chi connectivity index (χ0n) is 9.21. The molecule has 0 radical (unpaired) electrons. The van der Waals surface area contributed by atoms with E-state index in [-0.39, 0.29) is 23.4 Å². The molecule has 0 fully saturated rings. The number of amides is 1. The molecule has 1 atom stereocenters. The molecule has 1 unspecified atom stereocenters. The number of halogens is 2. The van der Waals surface area contributed by atoms with Gasteiger partial charge in [-0.2, -0.15) is 0 Å². The van der Waals surface area contributed by atoms with Crippen molar-refractivity contribution in [2.45, 2.75) is 19.4 Å². The van der Waals surface area contributed by atoms with Gasteiger partial charge in [0.2, 0.25) is 5.91 Å². The Labute approximate surface area is 99.0 Å². The van der Waals surface area contributed by atoms with E-state index in [1.165, 1.54) is 23.1 Å². The van der Waals surface area contributed by atoms with Crippen molar-refractivity contribution in [1.82, 2.24) is 0 Å². The van der Waals surface area contributed by atoms with E-state index in [9.17, 15) is 9.18 Å². The second kappa shape index (κ2) is 5.27. The Balaban J connectivity index is 2.83. The molecule has 5 heteroatoms. The summed E-state index contributed by atoms with van der Waals surface area (Å²) in [7, 11) is 1.61. The fourth-order valence-corrected chi connectivity index (χ4v) is 1.42. The Bertz CT molecular complexity index is 396. The maximum absolute atomic E-state index is 12.9. The summed E-state index contributed by atoms with van der Waals surface area (Å²) in [5.74, 6) is -0.629. The van der Waals surface area contributed by atoms with Crippen LogP contribution in [-0.4, -0.2) is 19.0 Å². The van der Waals surface area contributed by atoms with Crippen molar-refractivity contribution in [3.63, 3.8) is 0 Å². The molecule has 1 rings (SSSR count). The molecule has 0 heterocycles. The highest BCUT2D eigenvalue weighted by molar-refractivity contribution is 6.31. The number of carbonyl (C=O) groups is 1. The molecule has 0 aliphatic rings. The molecule has 0 aliphatic carbocycles. The van der Waals surface area contributed by atoms with Crippen LogP contribution in [0, 0.1) is 5.82 Å². The normalized spacial score (nSPS) is 12.3. The van der Waals surface area contributed by atoms with Gasteiger partial charge in [-0.15, -0.1) is 0 Å². The van der Waals surface area contributed by atoms with Crippen LogP contribution in [0.4, 0.5) is 10.1 Å². The molecule has 0 bridgehead atoms. The quantitative estimate of drug-likeness (QED) is 0.886. The largest absolute Gasteiger partial charge is 0.327 e. The predicted molar refractivity (Wildman–Crippen MR) is 63.1 cm³/mol. The van der Waals surface area contributed by atoms with Gasteiger partial charge >= 0.3 is 0 Å². The number of nitrogens with zero attached hydrogens (tertiary/aromatic N) is 1. The summed E-state index contributed by atoms with van der Waals surface area (Å²) < 4.78 is 12.9. The van der Waals surface area contributed by atoms with Crippen molar-refractivity contribution in [1.29, 1.82) is 0 Å². The molecule has 1 aromatic rings. The van der Waals surface area contributed by atoms with E-state index in [0.29, 0.717) is 5.69 Å². The minimum atomic E-state index is -0.501. The number of hydrogen-bond acceptors (Lipinski definition) is 2. The summed E-state index contributed by atoms with van der Waals surface area (Å²) in [6.07, 6.45) is 0.242. The first-order valence-electron chi connectivity index (χ1n) is 4.89. The minimum Gasteiger partial charge on any atom is -0.327 e. The highest BCUT2D eigenvalue weighted by Gasteiger charge is 2.13. The van der Waals surface area contributed by atoms with Gasteiger partial charge in [-0.25, -0.2) is 4.39 Å². The van der Waals surface area contributed by atoms with E-state index < -0.39 is 5.82 Å². The molecule has 1 amide bonds. The fourth-order valence-electron chi connectivity index (χ4n) is 1.25. The molecular weight excluding hydrogens is 231 g/mol. The predicted octanol–water partition coefficient (Wildman–Crippen LogP) is 2.18. The van der Waals surface area contributed by atoms with E-state index in [4.69, 9.17) is 17.3 Å². The fraction of sp³-hybridized carbons (Fsp3) is 0.364. The third-order valence-corrected chi connectivity index (χ3v) is 2.45. The Hall–Kier alpha value is -1.13. The molecule has 0 spiro atoms. The molecule has 0 saturated heterocycles. The number of nitrogens with two attached hydrogens (primary N) is 1. The number of rotatable bonds is 3. The van der Waals surface area contributed by atoms with Gasteiger partial charge in [0.25, 0.3) is 0 Å². The minimum absolute atomic E-state index is 0.00190. The number of hydrogen-bond donors (Lipinski definition) is 1. The first-order chi connectivity index (χ1) is 7.41. The second-order valence-electron chi connectivity index (χ2n) is 3.73. The summed E-state index contributed by atoms with van der Waals surface area (Å²) in [5.41, 5.74) is 6.08. The van der Waals surface area contributed by atoms with Crippen LogP contribution in [0.1, 0.15) is 13.3 Å². The zero-order chi connectivity index (χ0) is 12.3. The van der Waals surface area contributed by atoms with Crippen molar-refractivity contribution in [2.24, 2.45) is 5.73 Å². The molecule has 88 valence electrons. The average molecular weight is 245 g/mol. The maximum Gasteiger partial charge on any atom is 0.228 e. The Morgan fingerprint density at radius 3 is 2.75 bits per heavy atom. The molecule has 3 nitrogen and oxygen atoms in total. The summed E-state index contributed by atoms with van der Waals surface area (Å²) >= 11 is 5.63. The van der Waals surface area contributed by atoms with Gasteiger partial charge in [-0.05, 0) is 25.1 Å². The van der Waals surface area contributed by atoms with Crippen LogP contribution in [0.5, 0.6) is 0 Å². The Morgan fingerprint density at radius 2 is 2.25 bits per heavy atom. The van der Waals surface area contributed by atoms with Crippen LogP contribution >= 0.6 is 11.6 Å². The molecule has 0 saturated carbocycles. The molecule has 2 N–H and O–H groups in total. The smallest absolute Gasteiger partial charge is 0.228 e. The van der Waals surface area contributed by atoms with Crippen LogP contribution in [-0.2, 0) is 4.79 Å². The van der Waals surface area contributed by atoms with E-state index in [2.05, 4.69) is 0 Å². The summed E-state index contributed by atoms with van der Waals surface area (Å²) in [6.45, 7) is 1.75. The second-order valence-corrected chi connectivity index (χ2v) is 4.14. The zero-order valence-corrected chi connectivity index (χ0v) is 9.96. The van der Waals surface area contributed by atoms with Crippen LogP contribution in [0.15, 0.2) is 18.2 Å². The monoisotopic (exact) mass is 244 g/mol. The molecule has 1 aromatic carbocycles. The SMILES string of the molecule is CC(N)CC(=O)N(C)c1ccc(F)c(Cl)c1. The van der Waals surface area contributed by atoms with Crippen LogP contribution in [0.3, 0.4) is 0 Å². The molecule has 0 aliphatic heterocycles. The van der Waals surface area contributed by atoms with E-state index >= 15 is 0 Å². The number of carbonyl (C=O) groups excluding carboxylic acids is 1. The van der Waals surface area contributed by atoms with E-state index in [1.807, 2.05) is 0 Å². The number of anilines is 1. The molecule has 0 aromatic heterocycles. The lowest BCUT2D eigenvalue weighted by Gasteiger charge is -2.18. The Morgan fingerprint density at radius 1 is 1.62 bits per heavy atom. The van der Waals surface area contributed by atoms with Crippen molar-refractivity contribution in [2.75, 3.05) is 11.9 Å². The third-order valence-electron chi connectivity index (χ3n) is 2.16. The van der Waals surface area contributed by atoms with Crippen molar-refractivity contribution in [3.05, 3.63) is 29.0 Å². The highest BCUT2D eigenvalue weighted by atomic mass is 35.5. The molecular formula is C11H14ClFN2O. The van der Waals surface area contributed by atoms with E-state index in [0.717, 1.165) is 0 Å². The van der Waals surface area contributed by atoms with Crippen molar-refractivity contribution < 1.29 is 9.18 Å². The van der Waals surface area contributed by atoms with Crippen LogP contribution in [0.25, 0.3) is 0 Å². The maximum atomic E-state index is 12.9. The van der Waals surface area contributed by atoms with Gasteiger partial charge < -0.3 is 10.6 Å². The summed E-state index contributed by atoms with van der Waals surface area (Å²) in [4.78, 5) is 13.1. The van der Waals surface area contributed by atoms with Crippen LogP contribution in [0.2, 0.25) is 5.02 Å². The van der Waals surface area contributed by atoms with E-state index in [1.54, 1.807) is 14.0 Å². The standard InChI is InChI=1S/C11H14ClFN2O/c1-7(14)5-11(16)15(2)8-3-4-10(13)9(12)6-8/h3-4,6-7H,5,14H2,1-2H3. The van der Waals surface area contributed by atoms with Gasteiger partial charge in [-0.1, -0.05) is 11.6 Å². The Kier molecular flexibility index (Phi) is 4.26. The highest BCUT2D eigenvalue weighted by Crippen LogP contribution is 2.22. The van der Waals surface area contributed by atoms with Gasteiger partial charge in [-0.3, -0.25) is 4.79 Å².